The molecule has 0 saturated heterocycles. The summed E-state index contributed by atoms with van der Waals surface area (Å²) in [6.07, 6.45) is 0. The van der Waals surface area contributed by atoms with Gasteiger partial charge in [0.25, 0.3) is 5.91 Å². The molecule has 3 N–H and O–H groups in total. The Kier molecular flexibility index (Phi) is 4.06. The van der Waals surface area contributed by atoms with E-state index < -0.39 is 0 Å². The average molecular weight is 330 g/mol. The Balaban J connectivity index is 2.31. The van der Waals surface area contributed by atoms with Crippen molar-refractivity contribution in [3.05, 3.63) is 57.6 Å². The zero-order valence-electron chi connectivity index (χ0n) is 10.8. The number of rotatable bonds is 2. The minimum absolute atomic E-state index is 0.332. The zero-order chi connectivity index (χ0) is 14.7. The van der Waals surface area contributed by atoms with E-state index in [2.05, 4.69) is 21.2 Å². The number of amides is 1. The van der Waals surface area contributed by atoms with Gasteiger partial charge in [-0.25, -0.2) is 0 Å². The van der Waals surface area contributed by atoms with E-state index in [9.17, 15) is 4.79 Å². The van der Waals surface area contributed by atoms with Crippen molar-refractivity contribution in [2.24, 2.45) is 0 Å². The first kappa shape index (κ1) is 14.1. The van der Waals surface area contributed by atoms with Crippen LogP contribution >= 0.6 is 15.9 Å². The van der Waals surface area contributed by atoms with Gasteiger partial charge in [-0.3, -0.25) is 4.79 Å². The zero-order valence-corrected chi connectivity index (χ0v) is 12.4. The molecule has 0 aliphatic heterocycles. The molecule has 2 aromatic carbocycles. The lowest BCUT2D eigenvalue weighted by molar-refractivity contribution is 0.102. The Bertz CT molecular complexity index is 720. The summed E-state index contributed by atoms with van der Waals surface area (Å²) >= 11 is 3.28. The van der Waals surface area contributed by atoms with Crippen LogP contribution in [0.15, 0.2) is 40.9 Å². The van der Waals surface area contributed by atoms with E-state index >= 15 is 0 Å². The van der Waals surface area contributed by atoms with E-state index in [4.69, 9.17) is 11.0 Å². The molecule has 20 heavy (non-hydrogen) atoms. The second-order valence-corrected chi connectivity index (χ2v) is 5.26. The number of carbonyl (C=O) groups is 1. The number of nitrogen functional groups attached to an aromatic ring is 1. The van der Waals surface area contributed by atoms with Gasteiger partial charge in [0.15, 0.2) is 0 Å². The van der Waals surface area contributed by atoms with Crippen LogP contribution in [0.1, 0.15) is 21.5 Å². The predicted molar refractivity (Wildman–Crippen MR) is 82.4 cm³/mol. The number of nitrogens with zero attached hydrogens (tertiary/aromatic N) is 1. The highest BCUT2D eigenvalue weighted by atomic mass is 79.9. The Morgan fingerprint density at radius 2 is 2.05 bits per heavy atom. The van der Waals surface area contributed by atoms with Crippen LogP contribution in [-0.4, -0.2) is 5.91 Å². The SMILES string of the molecule is Cc1ccc(C(=O)Nc2ccc(Br)cc2C#N)c(N)c1. The van der Waals surface area contributed by atoms with Crippen molar-refractivity contribution < 1.29 is 4.79 Å². The molecular formula is C15H12BrN3O. The van der Waals surface area contributed by atoms with Crippen LogP contribution in [0.25, 0.3) is 0 Å². The van der Waals surface area contributed by atoms with Gasteiger partial charge in [0.05, 0.1) is 16.8 Å². The van der Waals surface area contributed by atoms with Crippen LogP contribution in [0.4, 0.5) is 11.4 Å². The molecule has 5 heteroatoms. The fraction of sp³-hybridized carbons (Fsp3) is 0.0667. The molecule has 100 valence electrons. The van der Waals surface area contributed by atoms with E-state index in [0.717, 1.165) is 10.0 Å². The van der Waals surface area contributed by atoms with Gasteiger partial charge in [-0.1, -0.05) is 22.0 Å². The largest absolute Gasteiger partial charge is 0.398 e. The number of nitrogens with one attached hydrogen (secondary N) is 1. The Morgan fingerprint density at radius 3 is 2.70 bits per heavy atom. The highest BCUT2D eigenvalue weighted by molar-refractivity contribution is 9.10. The highest BCUT2D eigenvalue weighted by Gasteiger charge is 2.12. The summed E-state index contributed by atoms with van der Waals surface area (Å²) in [4.78, 5) is 12.2. The Hall–Kier alpha value is -2.32. The molecule has 4 nitrogen and oxygen atoms in total. The number of nitrogens with two attached hydrogens (primary N) is 1. The first-order chi connectivity index (χ1) is 9.51. The van der Waals surface area contributed by atoms with Crippen molar-refractivity contribution in [3.63, 3.8) is 0 Å². The molecule has 2 aromatic rings. The van der Waals surface area contributed by atoms with Gasteiger partial charge in [-0.2, -0.15) is 5.26 Å². The third-order valence-electron chi connectivity index (χ3n) is 2.80. The van der Waals surface area contributed by atoms with Gasteiger partial charge in [-0.15, -0.1) is 0 Å². The quantitative estimate of drug-likeness (QED) is 0.828. The normalized spacial score (nSPS) is 9.85. The lowest BCUT2D eigenvalue weighted by atomic mass is 10.1. The Labute approximate surface area is 125 Å². The lowest BCUT2D eigenvalue weighted by Gasteiger charge is -2.09. The summed E-state index contributed by atoms with van der Waals surface area (Å²) in [6, 6.07) is 12.3. The smallest absolute Gasteiger partial charge is 0.257 e. The molecule has 0 aliphatic carbocycles. The van der Waals surface area contributed by atoms with Gasteiger partial charge >= 0.3 is 0 Å². The minimum atomic E-state index is -0.332. The first-order valence-electron chi connectivity index (χ1n) is 5.88. The summed E-state index contributed by atoms with van der Waals surface area (Å²) in [7, 11) is 0. The van der Waals surface area contributed by atoms with Crippen LogP contribution in [0, 0.1) is 18.3 Å². The van der Waals surface area contributed by atoms with E-state index in [-0.39, 0.29) is 5.91 Å². The highest BCUT2D eigenvalue weighted by Crippen LogP contribution is 2.22. The fourth-order valence-electron chi connectivity index (χ4n) is 1.80. The summed E-state index contributed by atoms with van der Waals surface area (Å²) in [5, 5.41) is 11.8. The monoisotopic (exact) mass is 329 g/mol. The molecule has 0 aromatic heterocycles. The lowest BCUT2D eigenvalue weighted by Crippen LogP contribution is -2.15. The summed E-state index contributed by atoms with van der Waals surface area (Å²) in [6.45, 7) is 1.90. The minimum Gasteiger partial charge on any atom is -0.398 e. The number of carbonyl (C=O) groups excluding carboxylic acids is 1. The predicted octanol–water partition coefficient (Wildman–Crippen LogP) is 3.46. The van der Waals surface area contributed by atoms with Crippen LogP contribution in [0.2, 0.25) is 0 Å². The maximum absolute atomic E-state index is 12.2. The molecular weight excluding hydrogens is 318 g/mol. The topological polar surface area (TPSA) is 78.9 Å². The molecule has 0 radical (unpaired) electrons. The standard InChI is InChI=1S/C15H12BrN3O/c1-9-2-4-12(13(18)6-9)15(20)19-14-5-3-11(16)7-10(14)8-17/h2-7H,18H2,1H3,(H,19,20). The summed E-state index contributed by atoms with van der Waals surface area (Å²) < 4.78 is 0.780. The molecule has 0 spiro atoms. The molecule has 2 rings (SSSR count). The molecule has 0 aliphatic rings. The van der Waals surface area contributed by atoms with Gasteiger partial charge in [0.1, 0.15) is 6.07 Å². The van der Waals surface area contributed by atoms with E-state index in [0.29, 0.717) is 22.5 Å². The average Bonchev–Trinajstić information content (AvgIpc) is 2.40. The van der Waals surface area contributed by atoms with Crippen LogP contribution in [0.3, 0.4) is 0 Å². The van der Waals surface area contributed by atoms with Gasteiger partial charge < -0.3 is 11.1 Å². The first-order valence-corrected chi connectivity index (χ1v) is 6.67. The molecule has 0 heterocycles. The summed E-state index contributed by atoms with van der Waals surface area (Å²) in [5.74, 6) is -0.332. The van der Waals surface area contributed by atoms with E-state index in [1.807, 2.05) is 19.1 Å². The molecule has 0 unspecified atom stereocenters. The Morgan fingerprint density at radius 1 is 1.30 bits per heavy atom. The van der Waals surface area contributed by atoms with Crippen LogP contribution in [-0.2, 0) is 0 Å². The third kappa shape index (κ3) is 2.98. The van der Waals surface area contributed by atoms with Crippen molar-refractivity contribution in [2.75, 3.05) is 11.1 Å². The summed E-state index contributed by atoms with van der Waals surface area (Å²) in [5.41, 5.74) is 8.48. The maximum atomic E-state index is 12.2. The fourth-order valence-corrected chi connectivity index (χ4v) is 2.16. The van der Waals surface area contributed by atoms with Crippen molar-refractivity contribution in [1.29, 1.82) is 5.26 Å². The number of nitriles is 1. The van der Waals surface area contributed by atoms with E-state index in [1.54, 1.807) is 30.3 Å². The van der Waals surface area contributed by atoms with Gasteiger partial charge in [0, 0.05) is 10.2 Å². The number of hydrogen-bond acceptors (Lipinski definition) is 3. The second kappa shape index (κ2) is 5.76. The number of anilines is 2. The van der Waals surface area contributed by atoms with Crippen molar-refractivity contribution in [2.45, 2.75) is 6.92 Å². The molecule has 1 amide bonds. The van der Waals surface area contributed by atoms with Crippen molar-refractivity contribution in [1.82, 2.24) is 0 Å². The van der Waals surface area contributed by atoms with Crippen molar-refractivity contribution >= 4 is 33.2 Å². The van der Waals surface area contributed by atoms with Crippen molar-refractivity contribution in [3.8, 4) is 6.07 Å². The van der Waals surface area contributed by atoms with Crippen LogP contribution in [0.5, 0.6) is 0 Å². The second-order valence-electron chi connectivity index (χ2n) is 4.35. The molecule has 0 bridgehead atoms. The number of aryl methyl sites for hydroxylation is 1. The molecule has 0 fully saturated rings. The maximum Gasteiger partial charge on any atom is 0.257 e. The van der Waals surface area contributed by atoms with E-state index in [1.165, 1.54) is 0 Å². The number of hydrogen-bond donors (Lipinski definition) is 2. The number of halogens is 1. The van der Waals surface area contributed by atoms with Gasteiger partial charge in [0.2, 0.25) is 0 Å². The van der Waals surface area contributed by atoms with Gasteiger partial charge in [-0.05, 0) is 42.8 Å². The molecule has 0 saturated carbocycles. The number of benzene rings is 2. The van der Waals surface area contributed by atoms with Crippen LogP contribution < -0.4 is 11.1 Å². The molecule has 0 atom stereocenters. The third-order valence-corrected chi connectivity index (χ3v) is 3.30.